The fourth-order valence-electron chi connectivity index (χ4n) is 3.33. The topological polar surface area (TPSA) is 88.6 Å². The van der Waals surface area contributed by atoms with E-state index in [1.807, 2.05) is 0 Å². The van der Waals surface area contributed by atoms with E-state index in [1.54, 1.807) is 6.07 Å². The number of pyridine rings is 1. The standard InChI is InChI=1S/C21H24F3N3O4S/c1-20(2,31-17-6-3-5-15(13-17)21(22,23)24)19(28)26-16-8-11-27(12-9-16)32(29,30)18-7-4-10-25-14-18/h3-7,10,13-14,16H,8-9,11-12H2,1-2H3,(H,26,28). The molecule has 2 heterocycles. The molecule has 1 fully saturated rings. The lowest BCUT2D eigenvalue weighted by molar-refractivity contribution is -0.138. The molecule has 1 amide bonds. The van der Waals surface area contributed by atoms with Crippen LogP contribution in [0.15, 0.2) is 53.7 Å². The highest BCUT2D eigenvalue weighted by Gasteiger charge is 2.36. The van der Waals surface area contributed by atoms with E-state index in [0.29, 0.717) is 12.8 Å². The molecule has 0 bridgehead atoms. The Hall–Kier alpha value is -2.66. The summed E-state index contributed by atoms with van der Waals surface area (Å²) in [5, 5.41) is 2.82. The van der Waals surface area contributed by atoms with E-state index in [4.69, 9.17) is 4.74 Å². The number of benzene rings is 1. The molecule has 11 heteroatoms. The van der Waals surface area contributed by atoms with Gasteiger partial charge < -0.3 is 10.1 Å². The van der Waals surface area contributed by atoms with Crippen LogP contribution in [0, 0.1) is 0 Å². The summed E-state index contributed by atoms with van der Waals surface area (Å²) in [6, 6.07) is 7.07. The number of aromatic nitrogens is 1. The summed E-state index contributed by atoms with van der Waals surface area (Å²) in [4.78, 5) is 16.7. The van der Waals surface area contributed by atoms with E-state index in [-0.39, 0.29) is 29.8 Å². The van der Waals surface area contributed by atoms with E-state index in [9.17, 15) is 26.4 Å². The van der Waals surface area contributed by atoms with Crippen LogP contribution < -0.4 is 10.1 Å². The molecule has 1 aliphatic heterocycles. The van der Waals surface area contributed by atoms with E-state index in [0.717, 1.165) is 12.1 Å². The molecule has 1 aromatic carbocycles. The van der Waals surface area contributed by atoms with Crippen molar-refractivity contribution < 1.29 is 31.1 Å². The molecule has 1 aliphatic rings. The number of carbonyl (C=O) groups excluding carboxylic acids is 1. The fraction of sp³-hybridized carbons (Fsp3) is 0.429. The second-order valence-corrected chi connectivity index (χ2v) is 9.92. The molecule has 0 saturated carbocycles. The van der Waals surface area contributed by atoms with Crippen LogP contribution in [0.25, 0.3) is 0 Å². The largest absolute Gasteiger partial charge is 0.478 e. The summed E-state index contributed by atoms with van der Waals surface area (Å²) < 4.78 is 71.0. The van der Waals surface area contributed by atoms with Crippen LogP contribution in [0.4, 0.5) is 13.2 Å². The molecular weight excluding hydrogens is 447 g/mol. The van der Waals surface area contributed by atoms with Gasteiger partial charge in [-0.2, -0.15) is 17.5 Å². The molecule has 7 nitrogen and oxygen atoms in total. The van der Waals surface area contributed by atoms with Gasteiger partial charge in [0, 0.05) is 31.5 Å². The van der Waals surface area contributed by atoms with E-state index in [2.05, 4.69) is 10.3 Å². The summed E-state index contributed by atoms with van der Waals surface area (Å²) >= 11 is 0. The summed E-state index contributed by atoms with van der Waals surface area (Å²) in [5.41, 5.74) is -2.29. The Kier molecular flexibility index (Phi) is 6.80. The van der Waals surface area contributed by atoms with Gasteiger partial charge >= 0.3 is 6.18 Å². The average Bonchev–Trinajstić information content (AvgIpc) is 2.74. The molecule has 1 aromatic heterocycles. The molecule has 0 unspecified atom stereocenters. The molecule has 3 rings (SSSR count). The third kappa shape index (κ3) is 5.57. The smallest absolute Gasteiger partial charge is 0.416 e. The van der Waals surface area contributed by atoms with Gasteiger partial charge in [-0.25, -0.2) is 8.42 Å². The number of ether oxygens (including phenoxy) is 1. The van der Waals surface area contributed by atoms with Crippen molar-refractivity contribution in [3.05, 3.63) is 54.4 Å². The van der Waals surface area contributed by atoms with Crippen molar-refractivity contribution in [1.82, 2.24) is 14.6 Å². The van der Waals surface area contributed by atoms with Crippen molar-refractivity contribution >= 4 is 15.9 Å². The van der Waals surface area contributed by atoms with Crippen molar-refractivity contribution in [3.63, 3.8) is 0 Å². The van der Waals surface area contributed by atoms with Crippen LogP contribution >= 0.6 is 0 Å². The van der Waals surface area contributed by atoms with E-state index >= 15 is 0 Å². The number of amides is 1. The highest BCUT2D eigenvalue weighted by Crippen LogP contribution is 2.32. The second kappa shape index (κ2) is 9.07. The van der Waals surface area contributed by atoms with Crippen molar-refractivity contribution in [3.8, 4) is 5.75 Å². The Labute approximate surface area is 184 Å². The number of hydrogen-bond donors (Lipinski definition) is 1. The van der Waals surface area contributed by atoms with Gasteiger partial charge in [0.05, 0.1) is 5.56 Å². The SMILES string of the molecule is CC(C)(Oc1cccc(C(F)(F)F)c1)C(=O)NC1CCN(S(=O)(=O)c2cccnc2)CC1. The van der Waals surface area contributed by atoms with Crippen molar-refractivity contribution in [2.45, 2.75) is 49.4 Å². The Morgan fingerprint density at radius 2 is 1.84 bits per heavy atom. The predicted octanol–water partition coefficient (Wildman–Crippen LogP) is 3.23. The summed E-state index contributed by atoms with van der Waals surface area (Å²) in [6.07, 6.45) is -0.952. The lowest BCUT2D eigenvalue weighted by Gasteiger charge is -2.34. The molecule has 32 heavy (non-hydrogen) atoms. The zero-order valence-corrected chi connectivity index (χ0v) is 18.4. The molecule has 174 valence electrons. The zero-order chi connectivity index (χ0) is 23.6. The number of nitrogens with zero attached hydrogens (tertiary/aromatic N) is 2. The number of carbonyl (C=O) groups is 1. The molecular formula is C21H24F3N3O4S. The summed E-state index contributed by atoms with van der Waals surface area (Å²) in [6.45, 7) is 3.36. The van der Waals surface area contributed by atoms with E-state index in [1.165, 1.54) is 48.7 Å². The van der Waals surface area contributed by atoms with Gasteiger partial charge in [-0.1, -0.05) is 6.07 Å². The number of halogens is 3. The first-order valence-electron chi connectivity index (χ1n) is 9.97. The highest BCUT2D eigenvalue weighted by molar-refractivity contribution is 7.89. The van der Waals surface area contributed by atoms with Gasteiger partial charge in [0.2, 0.25) is 10.0 Å². The van der Waals surface area contributed by atoms with Crippen LogP contribution in [0.3, 0.4) is 0 Å². The first kappa shape index (κ1) is 24.0. The Bertz CT molecular complexity index is 1050. The number of alkyl halides is 3. The molecule has 1 N–H and O–H groups in total. The Morgan fingerprint density at radius 1 is 1.16 bits per heavy atom. The number of rotatable bonds is 6. The molecule has 0 spiro atoms. The quantitative estimate of drug-likeness (QED) is 0.699. The minimum atomic E-state index is -4.52. The lowest BCUT2D eigenvalue weighted by atomic mass is 10.0. The van der Waals surface area contributed by atoms with Gasteiger partial charge in [0.15, 0.2) is 5.60 Å². The molecule has 2 aromatic rings. The Balaban J connectivity index is 1.58. The zero-order valence-electron chi connectivity index (χ0n) is 17.6. The van der Waals surface area contributed by atoms with Crippen LogP contribution in [-0.4, -0.2) is 48.3 Å². The number of sulfonamides is 1. The van der Waals surface area contributed by atoms with Crippen molar-refractivity contribution in [2.75, 3.05) is 13.1 Å². The maximum Gasteiger partial charge on any atom is 0.416 e. The van der Waals surface area contributed by atoms with Gasteiger partial charge in [0.25, 0.3) is 5.91 Å². The summed E-state index contributed by atoms with van der Waals surface area (Å²) in [7, 11) is -3.66. The van der Waals surface area contributed by atoms with Crippen LogP contribution in [-0.2, 0) is 21.0 Å². The minimum absolute atomic E-state index is 0.0719. The third-order valence-electron chi connectivity index (χ3n) is 5.14. The van der Waals surface area contributed by atoms with Gasteiger partial charge in [-0.3, -0.25) is 9.78 Å². The lowest BCUT2D eigenvalue weighted by Crippen LogP contribution is -2.53. The van der Waals surface area contributed by atoms with Gasteiger partial charge in [0.1, 0.15) is 10.6 Å². The van der Waals surface area contributed by atoms with E-state index < -0.39 is 33.3 Å². The van der Waals surface area contributed by atoms with Crippen molar-refractivity contribution in [1.29, 1.82) is 0 Å². The molecule has 0 aliphatic carbocycles. The van der Waals surface area contributed by atoms with Gasteiger partial charge in [-0.05, 0) is 57.0 Å². The fourth-order valence-corrected chi connectivity index (χ4v) is 4.76. The normalized spacial score (nSPS) is 16.5. The predicted molar refractivity (Wildman–Crippen MR) is 110 cm³/mol. The summed E-state index contributed by atoms with van der Waals surface area (Å²) in [5.74, 6) is -0.569. The van der Waals surface area contributed by atoms with Crippen LogP contribution in [0.1, 0.15) is 32.3 Å². The van der Waals surface area contributed by atoms with Crippen molar-refractivity contribution in [2.24, 2.45) is 0 Å². The Morgan fingerprint density at radius 3 is 2.44 bits per heavy atom. The third-order valence-corrected chi connectivity index (χ3v) is 7.02. The first-order valence-corrected chi connectivity index (χ1v) is 11.4. The number of piperidine rings is 1. The monoisotopic (exact) mass is 471 g/mol. The van der Waals surface area contributed by atoms with Gasteiger partial charge in [-0.15, -0.1) is 0 Å². The molecule has 0 radical (unpaired) electrons. The maximum atomic E-state index is 12.9. The average molecular weight is 472 g/mol. The van der Waals surface area contributed by atoms with Crippen LogP contribution in [0.5, 0.6) is 5.75 Å². The second-order valence-electron chi connectivity index (χ2n) is 7.98. The minimum Gasteiger partial charge on any atom is -0.478 e. The number of nitrogens with one attached hydrogen (secondary N) is 1. The molecule has 1 saturated heterocycles. The highest BCUT2D eigenvalue weighted by atomic mass is 32.2. The van der Waals surface area contributed by atoms with Crippen LogP contribution in [0.2, 0.25) is 0 Å². The maximum absolute atomic E-state index is 12.9. The molecule has 0 atom stereocenters. The first-order chi connectivity index (χ1) is 14.9. The number of hydrogen-bond acceptors (Lipinski definition) is 5.